The minimum atomic E-state index is -2.93. The molecule has 0 aliphatic rings. The zero-order chi connectivity index (χ0) is 19.8. The van der Waals surface area contributed by atoms with Crippen LogP contribution in [0.2, 0.25) is 0 Å². The topological polar surface area (TPSA) is 38.8 Å². The largest absolute Gasteiger partial charge is 0.493 e. The number of halogens is 2. The molecule has 0 aliphatic carbocycles. The summed E-state index contributed by atoms with van der Waals surface area (Å²) in [7, 11) is 1.37. The first-order chi connectivity index (χ1) is 12.9. The Labute approximate surface area is 158 Å². The molecule has 2 rings (SSSR count). The standard InChI is InChI=1S/C21H23F2NO3/c1-15(2)24(14-17-7-5-4-6-8-17)20(25)12-10-16-9-11-18(27-21(22)23)19(13-16)26-3/h4-13,15,21H,14H2,1-3H3/b12-10+. The Morgan fingerprint density at radius 1 is 1.11 bits per heavy atom. The Kier molecular flexibility index (Phi) is 7.34. The van der Waals surface area contributed by atoms with Crippen LogP contribution in [0.25, 0.3) is 6.08 Å². The quantitative estimate of drug-likeness (QED) is 0.625. The van der Waals surface area contributed by atoms with Gasteiger partial charge in [0.25, 0.3) is 0 Å². The first-order valence-electron chi connectivity index (χ1n) is 8.56. The molecule has 0 unspecified atom stereocenters. The van der Waals surface area contributed by atoms with E-state index in [2.05, 4.69) is 4.74 Å². The number of alkyl halides is 2. The molecule has 27 heavy (non-hydrogen) atoms. The summed E-state index contributed by atoms with van der Waals surface area (Å²) in [4.78, 5) is 14.4. The first-order valence-corrected chi connectivity index (χ1v) is 8.56. The average Bonchev–Trinajstić information content (AvgIpc) is 2.65. The van der Waals surface area contributed by atoms with Crippen LogP contribution in [0.1, 0.15) is 25.0 Å². The van der Waals surface area contributed by atoms with Gasteiger partial charge < -0.3 is 14.4 Å². The number of hydrogen-bond acceptors (Lipinski definition) is 3. The molecule has 0 heterocycles. The van der Waals surface area contributed by atoms with Crippen LogP contribution in [0, 0.1) is 0 Å². The number of amides is 1. The summed E-state index contributed by atoms with van der Waals surface area (Å²) in [6.45, 7) is 1.48. The molecule has 0 saturated heterocycles. The Morgan fingerprint density at radius 3 is 2.41 bits per heavy atom. The smallest absolute Gasteiger partial charge is 0.387 e. The van der Waals surface area contributed by atoms with Gasteiger partial charge in [0.2, 0.25) is 5.91 Å². The van der Waals surface area contributed by atoms with Crippen molar-refractivity contribution in [1.29, 1.82) is 0 Å². The van der Waals surface area contributed by atoms with Gasteiger partial charge in [-0.05, 0) is 43.2 Å². The van der Waals surface area contributed by atoms with Gasteiger partial charge in [-0.3, -0.25) is 4.79 Å². The summed E-state index contributed by atoms with van der Waals surface area (Å²) in [5.41, 5.74) is 1.69. The van der Waals surface area contributed by atoms with E-state index in [1.54, 1.807) is 23.1 Å². The van der Waals surface area contributed by atoms with Crippen LogP contribution in [0.15, 0.2) is 54.6 Å². The lowest BCUT2D eigenvalue weighted by molar-refractivity contribution is -0.128. The van der Waals surface area contributed by atoms with Crippen molar-refractivity contribution in [2.45, 2.75) is 33.0 Å². The SMILES string of the molecule is COc1cc(/C=C/C(=O)N(Cc2ccccc2)C(C)C)ccc1OC(F)F. The van der Waals surface area contributed by atoms with Gasteiger partial charge in [0.15, 0.2) is 11.5 Å². The first kappa shape index (κ1) is 20.4. The minimum absolute atomic E-state index is 0.0266. The third-order valence-electron chi connectivity index (χ3n) is 3.92. The van der Waals surface area contributed by atoms with Gasteiger partial charge in [-0.25, -0.2) is 0 Å². The molecule has 0 bridgehead atoms. The summed E-state index contributed by atoms with van der Waals surface area (Å²) < 4.78 is 34.3. The molecule has 0 N–H and O–H groups in total. The number of methoxy groups -OCH3 is 1. The van der Waals surface area contributed by atoms with E-state index in [1.165, 1.54) is 19.3 Å². The number of carbonyl (C=O) groups excluding carboxylic acids is 1. The third-order valence-corrected chi connectivity index (χ3v) is 3.92. The van der Waals surface area contributed by atoms with E-state index in [9.17, 15) is 13.6 Å². The lowest BCUT2D eigenvalue weighted by atomic mass is 10.1. The molecule has 2 aromatic rings. The Morgan fingerprint density at radius 2 is 1.81 bits per heavy atom. The van der Waals surface area contributed by atoms with Crippen molar-refractivity contribution in [2.24, 2.45) is 0 Å². The van der Waals surface area contributed by atoms with E-state index in [1.807, 2.05) is 44.2 Å². The molecule has 0 spiro atoms. The molecule has 0 radical (unpaired) electrons. The van der Waals surface area contributed by atoms with Crippen LogP contribution in [0.3, 0.4) is 0 Å². The van der Waals surface area contributed by atoms with Crippen LogP contribution in [-0.2, 0) is 11.3 Å². The number of nitrogens with zero attached hydrogens (tertiary/aromatic N) is 1. The maximum Gasteiger partial charge on any atom is 0.387 e. The van der Waals surface area contributed by atoms with Gasteiger partial charge in [0.05, 0.1) is 7.11 Å². The fourth-order valence-corrected chi connectivity index (χ4v) is 2.54. The van der Waals surface area contributed by atoms with Crippen molar-refractivity contribution >= 4 is 12.0 Å². The minimum Gasteiger partial charge on any atom is -0.493 e. The number of benzene rings is 2. The summed E-state index contributed by atoms with van der Waals surface area (Å²) in [5, 5.41) is 0. The summed E-state index contributed by atoms with van der Waals surface area (Å²) in [6.07, 6.45) is 3.09. The highest BCUT2D eigenvalue weighted by Gasteiger charge is 2.15. The van der Waals surface area contributed by atoms with E-state index in [0.717, 1.165) is 5.56 Å². The third kappa shape index (κ3) is 6.09. The fraction of sp³-hybridized carbons (Fsp3) is 0.286. The zero-order valence-electron chi connectivity index (χ0n) is 15.6. The van der Waals surface area contributed by atoms with E-state index in [4.69, 9.17) is 4.74 Å². The van der Waals surface area contributed by atoms with Gasteiger partial charge in [0, 0.05) is 18.7 Å². The molecule has 0 aliphatic heterocycles. The van der Waals surface area contributed by atoms with Crippen LogP contribution in [0.4, 0.5) is 8.78 Å². The van der Waals surface area contributed by atoms with Crippen molar-refractivity contribution in [2.75, 3.05) is 7.11 Å². The molecular weight excluding hydrogens is 352 g/mol. The fourth-order valence-electron chi connectivity index (χ4n) is 2.54. The molecule has 0 fully saturated rings. The second-order valence-corrected chi connectivity index (χ2v) is 6.17. The monoisotopic (exact) mass is 375 g/mol. The summed E-state index contributed by atoms with van der Waals surface area (Å²) in [6, 6.07) is 14.3. The van der Waals surface area contributed by atoms with Gasteiger partial charge in [0.1, 0.15) is 0 Å². The van der Waals surface area contributed by atoms with Gasteiger partial charge in [-0.2, -0.15) is 8.78 Å². The van der Waals surface area contributed by atoms with Crippen molar-refractivity contribution in [3.63, 3.8) is 0 Å². The van der Waals surface area contributed by atoms with E-state index >= 15 is 0 Å². The van der Waals surface area contributed by atoms with Crippen LogP contribution in [0.5, 0.6) is 11.5 Å². The summed E-state index contributed by atoms with van der Waals surface area (Å²) >= 11 is 0. The van der Waals surface area contributed by atoms with Gasteiger partial charge in [-0.1, -0.05) is 36.4 Å². The van der Waals surface area contributed by atoms with Gasteiger partial charge >= 0.3 is 6.61 Å². The molecule has 2 aromatic carbocycles. The Hall–Kier alpha value is -2.89. The maximum atomic E-state index is 12.6. The van der Waals surface area contributed by atoms with Crippen molar-refractivity contribution < 1.29 is 23.0 Å². The predicted octanol–water partition coefficient (Wildman–Crippen LogP) is 4.75. The number of ether oxygens (including phenoxy) is 2. The second kappa shape index (κ2) is 9.71. The predicted molar refractivity (Wildman–Crippen MR) is 101 cm³/mol. The highest BCUT2D eigenvalue weighted by molar-refractivity contribution is 5.92. The van der Waals surface area contributed by atoms with Gasteiger partial charge in [-0.15, -0.1) is 0 Å². The van der Waals surface area contributed by atoms with Crippen LogP contribution < -0.4 is 9.47 Å². The average molecular weight is 375 g/mol. The second-order valence-electron chi connectivity index (χ2n) is 6.17. The van der Waals surface area contributed by atoms with E-state index in [0.29, 0.717) is 12.1 Å². The summed E-state index contributed by atoms with van der Waals surface area (Å²) in [5.74, 6) is -0.0144. The lowest BCUT2D eigenvalue weighted by Crippen LogP contribution is -2.35. The molecule has 0 atom stereocenters. The van der Waals surface area contributed by atoms with Crippen LogP contribution in [-0.4, -0.2) is 30.6 Å². The lowest BCUT2D eigenvalue weighted by Gasteiger charge is -2.25. The zero-order valence-corrected chi connectivity index (χ0v) is 15.6. The molecule has 0 saturated carbocycles. The van der Waals surface area contributed by atoms with Crippen LogP contribution >= 0.6 is 0 Å². The van der Waals surface area contributed by atoms with Crippen molar-refractivity contribution in [1.82, 2.24) is 4.90 Å². The number of rotatable bonds is 8. The van der Waals surface area contributed by atoms with E-state index < -0.39 is 6.61 Å². The molecule has 6 heteroatoms. The van der Waals surface area contributed by atoms with Crippen molar-refractivity contribution in [3.8, 4) is 11.5 Å². The van der Waals surface area contributed by atoms with E-state index in [-0.39, 0.29) is 23.4 Å². The number of hydrogen-bond donors (Lipinski definition) is 0. The highest BCUT2D eigenvalue weighted by atomic mass is 19.3. The number of carbonyl (C=O) groups is 1. The molecule has 144 valence electrons. The highest BCUT2D eigenvalue weighted by Crippen LogP contribution is 2.29. The molecular formula is C21H23F2NO3. The molecule has 1 amide bonds. The Bertz CT molecular complexity index is 776. The molecule has 0 aromatic heterocycles. The normalized spacial score (nSPS) is 11.2. The van der Waals surface area contributed by atoms with Crippen molar-refractivity contribution in [3.05, 3.63) is 65.7 Å². The maximum absolute atomic E-state index is 12.6. The molecule has 4 nitrogen and oxygen atoms in total. The Balaban J connectivity index is 2.13.